The lowest BCUT2D eigenvalue weighted by molar-refractivity contribution is -0.137. The van der Waals surface area contributed by atoms with E-state index in [1.54, 1.807) is 19.3 Å². The van der Waals surface area contributed by atoms with Crippen LogP contribution in [0.2, 0.25) is 0 Å². The fraction of sp³-hybridized carbons (Fsp3) is 0.429. The first kappa shape index (κ1) is 28.6. The number of hydrogen-bond acceptors (Lipinski definition) is 8. The van der Waals surface area contributed by atoms with Gasteiger partial charge in [-0.1, -0.05) is 25.8 Å². The summed E-state index contributed by atoms with van der Waals surface area (Å²) in [5.74, 6) is 0.480. The van der Waals surface area contributed by atoms with Gasteiger partial charge in [0.25, 0.3) is 0 Å². The van der Waals surface area contributed by atoms with Gasteiger partial charge in [-0.15, -0.1) is 0 Å². The maximum absolute atomic E-state index is 12.0. The highest BCUT2D eigenvalue weighted by Crippen LogP contribution is 2.28. The number of unbranched alkanes of at least 4 members (excludes halogenated alkanes) is 5. The fourth-order valence-electron chi connectivity index (χ4n) is 3.43. The van der Waals surface area contributed by atoms with Gasteiger partial charge in [-0.3, -0.25) is 0 Å². The minimum absolute atomic E-state index is 0.308. The molecule has 8 heteroatoms. The summed E-state index contributed by atoms with van der Waals surface area (Å²) in [5, 5.41) is 0. The number of methoxy groups -OCH3 is 1. The number of nitrogen functional groups attached to an aromatic ring is 2. The molecule has 0 spiro atoms. The minimum Gasteiger partial charge on any atom is -0.493 e. The molecule has 8 nitrogen and oxygen atoms in total. The van der Waals surface area contributed by atoms with E-state index < -0.39 is 11.9 Å². The molecule has 0 saturated heterocycles. The van der Waals surface area contributed by atoms with Crippen LogP contribution in [0.15, 0.2) is 42.5 Å². The van der Waals surface area contributed by atoms with Crippen LogP contribution in [0, 0.1) is 0 Å². The Morgan fingerprint density at radius 1 is 0.806 bits per heavy atom. The van der Waals surface area contributed by atoms with E-state index in [9.17, 15) is 9.59 Å². The summed E-state index contributed by atoms with van der Waals surface area (Å²) in [5.41, 5.74) is 13.4. The molecule has 196 valence electrons. The molecule has 0 radical (unpaired) electrons. The number of carbonyl (C=O) groups excluding carboxylic acids is 2. The Balaban J connectivity index is 1.60. The van der Waals surface area contributed by atoms with Crippen LogP contribution in [-0.2, 0) is 14.3 Å². The average Bonchev–Trinajstić information content (AvgIpc) is 2.86. The van der Waals surface area contributed by atoms with Gasteiger partial charge < -0.3 is 30.4 Å². The molecule has 36 heavy (non-hydrogen) atoms. The Morgan fingerprint density at radius 2 is 1.47 bits per heavy atom. The molecule has 2 aromatic carbocycles. The Hall–Kier alpha value is -3.68. The fourth-order valence-corrected chi connectivity index (χ4v) is 3.43. The molecule has 2 aromatic rings. The maximum atomic E-state index is 12.0. The van der Waals surface area contributed by atoms with E-state index in [0.717, 1.165) is 50.5 Å². The molecule has 2 rings (SSSR count). The predicted octanol–water partition coefficient (Wildman–Crippen LogP) is 5.40. The Labute approximate surface area is 213 Å². The number of ether oxygens (including phenoxy) is 4. The number of hydrogen-bond donors (Lipinski definition) is 2. The van der Waals surface area contributed by atoms with E-state index in [-0.39, 0.29) is 0 Å². The number of benzene rings is 2. The molecular weight excluding hydrogens is 460 g/mol. The van der Waals surface area contributed by atoms with Gasteiger partial charge in [0.2, 0.25) is 0 Å². The quantitative estimate of drug-likeness (QED) is 0.136. The monoisotopic (exact) mass is 498 g/mol. The Kier molecular flexibility index (Phi) is 12.8. The number of esters is 2. The zero-order chi connectivity index (χ0) is 26.2. The van der Waals surface area contributed by atoms with Crippen LogP contribution in [0.1, 0.15) is 67.8 Å². The molecule has 0 aliphatic carbocycles. The van der Waals surface area contributed by atoms with Gasteiger partial charge in [0.05, 0.1) is 32.5 Å². The van der Waals surface area contributed by atoms with Gasteiger partial charge in [-0.25, -0.2) is 9.59 Å². The van der Waals surface area contributed by atoms with E-state index in [2.05, 4.69) is 6.92 Å². The summed E-state index contributed by atoms with van der Waals surface area (Å²) in [4.78, 5) is 24.0. The molecule has 0 atom stereocenters. The van der Waals surface area contributed by atoms with Crippen LogP contribution < -0.4 is 20.9 Å². The smallest absolute Gasteiger partial charge is 0.338 e. The highest BCUT2D eigenvalue weighted by molar-refractivity contribution is 5.91. The van der Waals surface area contributed by atoms with Crippen LogP contribution in [-0.4, -0.2) is 38.9 Å². The number of nitrogens with two attached hydrogens (primary N) is 2. The molecule has 0 amide bonds. The van der Waals surface area contributed by atoms with E-state index in [1.165, 1.54) is 18.2 Å². The van der Waals surface area contributed by atoms with E-state index in [0.29, 0.717) is 48.3 Å². The highest BCUT2D eigenvalue weighted by atomic mass is 16.5. The highest BCUT2D eigenvalue weighted by Gasteiger charge is 2.09. The molecule has 0 unspecified atom stereocenters. The summed E-state index contributed by atoms with van der Waals surface area (Å²) in [6.07, 6.45) is 9.52. The normalized spacial score (nSPS) is 10.8. The van der Waals surface area contributed by atoms with Gasteiger partial charge in [0.1, 0.15) is 0 Å². The number of rotatable bonds is 16. The largest absolute Gasteiger partial charge is 0.493 e. The second-order valence-electron chi connectivity index (χ2n) is 8.41. The van der Waals surface area contributed by atoms with Crippen molar-refractivity contribution in [2.24, 2.45) is 0 Å². The third kappa shape index (κ3) is 10.7. The van der Waals surface area contributed by atoms with Crippen molar-refractivity contribution >= 4 is 29.4 Å². The third-order valence-corrected chi connectivity index (χ3v) is 5.33. The molecule has 0 heterocycles. The molecule has 0 fully saturated rings. The van der Waals surface area contributed by atoms with Gasteiger partial charge >= 0.3 is 11.9 Å². The first-order valence-electron chi connectivity index (χ1n) is 12.4. The van der Waals surface area contributed by atoms with Crippen molar-refractivity contribution in [3.8, 4) is 11.5 Å². The molecule has 0 aliphatic heterocycles. The van der Waals surface area contributed by atoms with E-state index in [4.69, 9.17) is 30.4 Å². The van der Waals surface area contributed by atoms with E-state index >= 15 is 0 Å². The molecular formula is C28H38N2O6. The van der Waals surface area contributed by atoms with Crippen molar-refractivity contribution in [3.05, 3.63) is 53.6 Å². The molecule has 0 saturated carbocycles. The van der Waals surface area contributed by atoms with Gasteiger partial charge in [-0.2, -0.15) is 0 Å². The lowest BCUT2D eigenvalue weighted by atomic mass is 10.2. The van der Waals surface area contributed by atoms with Gasteiger partial charge in [0.15, 0.2) is 11.5 Å². The van der Waals surface area contributed by atoms with Crippen molar-refractivity contribution in [2.75, 3.05) is 38.4 Å². The van der Waals surface area contributed by atoms with Crippen LogP contribution in [0.25, 0.3) is 6.08 Å². The standard InChI is InChI=1S/C28H38N2O6/c1-3-4-7-14-34-25-12-10-21(17-26(25)33-2)11-13-27(31)35-15-8-5-6-9-16-36-28(32)22-18-23(29)20-24(30)19-22/h10-13,17-20H,3-9,14-16,29-30H2,1-2H3/b13-11+. The summed E-state index contributed by atoms with van der Waals surface area (Å²) < 4.78 is 21.7. The lowest BCUT2D eigenvalue weighted by Crippen LogP contribution is -2.08. The second-order valence-corrected chi connectivity index (χ2v) is 8.41. The van der Waals surface area contributed by atoms with E-state index in [1.807, 2.05) is 18.2 Å². The number of anilines is 2. The van der Waals surface area contributed by atoms with Crippen LogP contribution in [0.4, 0.5) is 11.4 Å². The minimum atomic E-state index is -0.443. The molecule has 0 aliphatic rings. The zero-order valence-corrected chi connectivity index (χ0v) is 21.3. The SMILES string of the molecule is CCCCCOc1ccc(/C=C/C(=O)OCCCCCCOC(=O)c2cc(N)cc(N)c2)cc1OC. The Morgan fingerprint density at radius 3 is 2.14 bits per heavy atom. The second kappa shape index (κ2) is 16.1. The topological polar surface area (TPSA) is 123 Å². The molecule has 0 aromatic heterocycles. The summed E-state index contributed by atoms with van der Waals surface area (Å²) in [7, 11) is 1.59. The van der Waals surface area contributed by atoms with Crippen molar-refractivity contribution in [1.82, 2.24) is 0 Å². The van der Waals surface area contributed by atoms with Crippen molar-refractivity contribution in [1.29, 1.82) is 0 Å². The molecule has 0 bridgehead atoms. The summed E-state index contributed by atoms with van der Waals surface area (Å²) in [6, 6.07) is 10.2. The third-order valence-electron chi connectivity index (χ3n) is 5.33. The first-order chi connectivity index (χ1) is 17.4. The lowest BCUT2D eigenvalue weighted by Gasteiger charge is -2.11. The molecule has 4 N–H and O–H groups in total. The van der Waals surface area contributed by atoms with Gasteiger partial charge in [0, 0.05) is 17.5 Å². The zero-order valence-electron chi connectivity index (χ0n) is 21.3. The number of carbonyl (C=O) groups is 2. The Bertz CT molecular complexity index is 985. The summed E-state index contributed by atoms with van der Waals surface area (Å²) >= 11 is 0. The summed E-state index contributed by atoms with van der Waals surface area (Å²) in [6.45, 7) is 3.44. The average molecular weight is 499 g/mol. The predicted molar refractivity (Wildman–Crippen MR) is 142 cm³/mol. The maximum Gasteiger partial charge on any atom is 0.338 e. The van der Waals surface area contributed by atoms with Gasteiger partial charge in [-0.05, 0) is 74.1 Å². The first-order valence-corrected chi connectivity index (χ1v) is 12.4. The van der Waals surface area contributed by atoms with Crippen molar-refractivity contribution < 1.29 is 28.5 Å². The van der Waals surface area contributed by atoms with Crippen molar-refractivity contribution in [2.45, 2.75) is 51.9 Å². The van der Waals surface area contributed by atoms with Crippen molar-refractivity contribution in [3.63, 3.8) is 0 Å². The van der Waals surface area contributed by atoms with Crippen LogP contribution in [0.3, 0.4) is 0 Å². The van der Waals surface area contributed by atoms with Crippen LogP contribution >= 0.6 is 0 Å². The van der Waals surface area contributed by atoms with Crippen LogP contribution in [0.5, 0.6) is 11.5 Å².